The molecule has 4 rings (SSSR count). The van der Waals surface area contributed by atoms with Gasteiger partial charge in [-0.25, -0.2) is 0 Å². The van der Waals surface area contributed by atoms with Crippen molar-refractivity contribution in [3.63, 3.8) is 0 Å². The fourth-order valence-electron chi connectivity index (χ4n) is 7.58. The number of aliphatic hydroxyl groups excluding tert-OH is 1. The van der Waals surface area contributed by atoms with Gasteiger partial charge in [-0.2, -0.15) is 0 Å². The molecule has 4 heteroatoms. The Morgan fingerprint density at radius 3 is 2.62 bits per heavy atom. The molecule has 4 aliphatic rings. The van der Waals surface area contributed by atoms with Gasteiger partial charge in [0.15, 0.2) is 5.78 Å². The molecular formula is C22H33ClO3. The van der Waals surface area contributed by atoms with Crippen LogP contribution in [-0.2, 0) is 4.79 Å². The van der Waals surface area contributed by atoms with Gasteiger partial charge in [-0.3, -0.25) is 4.79 Å². The van der Waals surface area contributed by atoms with Gasteiger partial charge in [0.05, 0.1) is 10.6 Å². The number of rotatable bonds is 3. The Balaban J connectivity index is 1.64. The van der Waals surface area contributed by atoms with E-state index in [2.05, 4.69) is 19.9 Å². The van der Waals surface area contributed by atoms with Crippen LogP contribution >= 0.6 is 11.6 Å². The third-order valence-electron chi connectivity index (χ3n) is 9.17. The van der Waals surface area contributed by atoms with Crippen molar-refractivity contribution in [2.45, 2.75) is 77.2 Å². The molecule has 146 valence electrons. The zero-order valence-electron chi connectivity index (χ0n) is 16.1. The lowest BCUT2D eigenvalue weighted by Gasteiger charge is -2.60. The van der Waals surface area contributed by atoms with E-state index in [1.54, 1.807) is 0 Å². The molecule has 0 bridgehead atoms. The van der Waals surface area contributed by atoms with E-state index in [9.17, 15) is 15.0 Å². The Kier molecular flexibility index (Phi) is 4.61. The summed E-state index contributed by atoms with van der Waals surface area (Å²) >= 11 is 6.30. The molecule has 0 aromatic heterocycles. The van der Waals surface area contributed by atoms with Crippen LogP contribution in [-0.4, -0.2) is 28.2 Å². The van der Waals surface area contributed by atoms with Crippen LogP contribution in [0.3, 0.4) is 0 Å². The minimum absolute atomic E-state index is 0.0288. The molecule has 0 aromatic carbocycles. The summed E-state index contributed by atoms with van der Waals surface area (Å²) in [5.74, 6) is 2.28. The van der Waals surface area contributed by atoms with Crippen LogP contribution in [0.4, 0.5) is 0 Å². The Morgan fingerprint density at radius 2 is 1.88 bits per heavy atom. The fraction of sp³-hybridized carbons (Fsp3) is 0.864. The van der Waals surface area contributed by atoms with Crippen molar-refractivity contribution in [1.29, 1.82) is 0 Å². The number of hydrogen-bond donors (Lipinski definition) is 2. The standard InChI is InChI=1S/C22H33ClO3/c1-20-13-18(23)19(25)12-14(20)4-5-15-16(20)6-9-21(2)17(15)7-10-22(21,26)8-3-11-24/h13-17,24,26H,3-12H2,1-2H3/t14-,15+,16-,17-,20-,21-,22-/m0/s1. The lowest BCUT2D eigenvalue weighted by atomic mass is 9.45. The minimum atomic E-state index is -0.626. The number of hydrogen-bond acceptors (Lipinski definition) is 3. The SMILES string of the molecule is C[C@]12C=C(Cl)C(=O)C[C@@H]1CC[C@@H]1[C@@H]2CC[C@@]2(C)[C@H]1CC[C@@]2(O)CCCO. The average Bonchev–Trinajstić information content (AvgIpc) is 2.86. The molecule has 0 radical (unpaired) electrons. The van der Waals surface area contributed by atoms with Gasteiger partial charge in [-0.05, 0) is 85.9 Å². The van der Waals surface area contributed by atoms with Crippen molar-refractivity contribution < 1.29 is 15.0 Å². The van der Waals surface area contributed by atoms with E-state index in [0.717, 1.165) is 32.1 Å². The topological polar surface area (TPSA) is 57.5 Å². The fourth-order valence-corrected chi connectivity index (χ4v) is 7.90. The first-order chi connectivity index (χ1) is 12.2. The van der Waals surface area contributed by atoms with Crippen LogP contribution in [0.25, 0.3) is 0 Å². The summed E-state index contributed by atoms with van der Waals surface area (Å²) in [5.41, 5.74) is -0.634. The van der Waals surface area contributed by atoms with Gasteiger partial charge >= 0.3 is 0 Å². The molecule has 3 fully saturated rings. The van der Waals surface area contributed by atoms with E-state index in [-0.39, 0.29) is 23.2 Å². The number of carbonyl (C=O) groups excluding carboxylic acids is 1. The second-order valence-electron chi connectivity index (χ2n) is 9.99. The van der Waals surface area contributed by atoms with Crippen molar-refractivity contribution in [3.8, 4) is 0 Å². The van der Waals surface area contributed by atoms with Crippen molar-refractivity contribution in [3.05, 3.63) is 11.1 Å². The van der Waals surface area contributed by atoms with Gasteiger partial charge in [0.25, 0.3) is 0 Å². The number of ketones is 1. The summed E-state index contributed by atoms with van der Waals surface area (Å²) in [6.45, 7) is 4.80. The molecule has 0 aromatic rings. The third-order valence-corrected chi connectivity index (χ3v) is 9.49. The minimum Gasteiger partial charge on any atom is -0.396 e. The highest BCUT2D eigenvalue weighted by molar-refractivity contribution is 6.42. The predicted molar refractivity (Wildman–Crippen MR) is 103 cm³/mol. The molecule has 0 saturated heterocycles. The van der Waals surface area contributed by atoms with Crippen LogP contribution in [0.1, 0.15) is 71.6 Å². The zero-order chi connectivity index (χ0) is 18.7. The predicted octanol–water partition coefficient (Wildman–Crippen LogP) is 4.44. The molecule has 2 N–H and O–H groups in total. The normalized spacial score (nSPS) is 50.7. The molecule has 3 nitrogen and oxygen atoms in total. The van der Waals surface area contributed by atoms with E-state index in [1.807, 2.05) is 0 Å². The Labute approximate surface area is 162 Å². The lowest BCUT2D eigenvalue weighted by Crippen LogP contribution is -2.56. The highest BCUT2D eigenvalue weighted by Gasteiger charge is 2.64. The zero-order valence-corrected chi connectivity index (χ0v) is 16.9. The Bertz CT molecular complexity index is 631. The molecule has 0 aliphatic heterocycles. The van der Waals surface area contributed by atoms with E-state index in [1.165, 1.54) is 6.42 Å². The van der Waals surface area contributed by atoms with E-state index < -0.39 is 5.60 Å². The molecule has 0 heterocycles. The maximum absolute atomic E-state index is 12.1. The smallest absolute Gasteiger partial charge is 0.174 e. The van der Waals surface area contributed by atoms with Gasteiger partial charge < -0.3 is 10.2 Å². The molecule has 0 amide bonds. The average molecular weight is 381 g/mol. The van der Waals surface area contributed by atoms with Crippen LogP contribution in [0.2, 0.25) is 0 Å². The first-order valence-electron chi connectivity index (χ1n) is 10.5. The second-order valence-corrected chi connectivity index (χ2v) is 10.4. The number of carbonyl (C=O) groups is 1. The highest BCUT2D eigenvalue weighted by atomic mass is 35.5. The monoisotopic (exact) mass is 380 g/mol. The molecule has 4 aliphatic carbocycles. The van der Waals surface area contributed by atoms with E-state index >= 15 is 0 Å². The van der Waals surface area contributed by atoms with E-state index in [4.69, 9.17) is 11.6 Å². The maximum Gasteiger partial charge on any atom is 0.174 e. The summed E-state index contributed by atoms with van der Waals surface area (Å²) in [6.07, 6.45) is 10.5. The van der Waals surface area contributed by atoms with Crippen molar-refractivity contribution in [2.75, 3.05) is 6.61 Å². The van der Waals surface area contributed by atoms with Gasteiger partial charge in [0, 0.05) is 13.0 Å². The lowest BCUT2D eigenvalue weighted by molar-refractivity contribution is -0.144. The highest BCUT2D eigenvalue weighted by Crippen LogP contribution is 2.68. The van der Waals surface area contributed by atoms with Gasteiger partial charge in [-0.1, -0.05) is 31.5 Å². The van der Waals surface area contributed by atoms with Crippen LogP contribution in [0, 0.1) is 34.5 Å². The second kappa shape index (κ2) is 6.32. The van der Waals surface area contributed by atoms with Crippen LogP contribution in [0.15, 0.2) is 11.1 Å². The maximum atomic E-state index is 12.1. The number of allylic oxidation sites excluding steroid dienone is 2. The Morgan fingerprint density at radius 1 is 1.15 bits per heavy atom. The molecule has 7 atom stereocenters. The number of aliphatic hydroxyl groups is 2. The summed E-state index contributed by atoms with van der Waals surface area (Å²) in [6, 6.07) is 0. The first-order valence-corrected chi connectivity index (χ1v) is 10.9. The summed E-state index contributed by atoms with van der Waals surface area (Å²) in [5, 5.41) is 21.2. The van der Waals surface area contributed by atoms with E-state index in [0.29, 0.717) is 48.0 Å². The van der Waals surface area contributed by atoms with Crippen molar-refractivity contribution in [1.82, 2.24) is 0 Å². The molecule has 26 heavy (non-hydrogen) atoms. The molecular weight excluding hydrogens is 348 g/mol. The van der Waals surface area contributed by atoms with Gasteiger partial charge in [-0.15, -0.1) is 0 Å². The van der Waals surface area contributed by atoms with Gasteiger partial charge in [0.1, 0.15) is 0 Å². The first kappa shape index (κ1) is 19.0. The molecule has 0 spiro atoms. The summed E-state index contributed by atoms with van der Waals surface area (Å²) < 4.78 is 0. The van der Waals surface area contributed by atoms with Crippen LogP contribution < -0.4 is 0 Å². The quantitative estimate of drug-likeness (QED) is 0.760. The van der Waals surface area contributed by atoms with Crippen molar-refractivity contribution >= 4 is 17.4 Å². The summed E-state index contributed by atoms with van der Waals surface area (Å²) in [4.78, 5) is 12.1. The molecule has 3 saturated carbocycles. The third kappa shape index (κ3) is 2.49. The number of Topliss-reactive ketones (excluding diaryl/α,β-unsaturated/α-hetero) is 1. The van der Waals surface area contributed by atoms with Crippen molar-refractivity contribution in [2.24, 2.45) is 34.5 Å². The van der Waals surface area contributed by atoms with Gasteiger partial charge in [0.2, 0.25) is 0 Å². The Hall–Kier alpha value is -0.380. The largest absolute Gasteiger partial charge is 0.396 e. The number of fused-ring (bicyclic) bond motifs is 5. The summed E-state index contributed by atoms with van der Waals surface area (Å²) in [7, 11) is 0. The molecule has 0 unspecified atom stereocenters. The van der Waals surface area contributed by atoms with Crippen LogP contribution in [0.5, 0.6) is 0 Å². The number of halogens is 1.